The molecule has 3 atom stereocenters. The number of carboxylic acid groups (broad SMARTS) is 1. The summed E-state index contributed by atoms with van der Waals surface area (Å²) < 4.78 is 0. The number of likely N-dealkylation sites (tertiary alicyclic amines) is 1. The van der Waals surface area contributed by atoms with E-state index in [2.05, 4.69) is 0 Å². The lowest BCUT2D eigenvalue weighted by Gasteiger charge is -2.50. The number of nitro groups is 1. The van der Waals surface area contributed by atoms with Crippen LogP contribution in [0.2, 0.25) is 0 Å². The van der Waals surface area contributed by atoms with E-state index in [1.54, 1.807) is 29.2 Å². The van der Waals surface area contributed by atoms with Gasteiger partial charge in [0, 0.05) is 18.0 Å². The number of imide groups is 1. The average Bonchev–Trinajstić information content (AvgIpc) is 3.36. The largest absolute Gasteiger partial charge is 0.465 e. The van der Waals surface area contributed by atoms with Gasteiger partial charge in [-0.25, -0.2) is 14.5 Å². The van der Waals surface area contributed by atoms with E-state index >= 15 is 0 Å². The molecule has 5 rings (SSSR count). The van der Waals surface area contributed by atoms with Gasteiger partial charge in [-0.2, -0.15) is 0 Å². The lowest BCUT2D eigenvalue weighted by Crippen LogP contribution is -2.69. The van der Waals surface area contributed by atoms with Gasteiger partial charge in [0.15, 0.2) is 0 Å². The highest BCUT2D eigenvalue weighted by molar-refractivity contribution is 6.27. The van der Waals surface area contributed by atoms with Crippen molar-refractivity contribution in [3.63, 3.8) is 0 Å². The van der Waals surface area contributed by atoms with Crippen LogP contribution in [0.15, 0.2) is 36.4 Å². The first kappa shape index (κ1) is 20.2. The number of anilines is 1. The quantitative estimate of drug-likeness (QED) is 0.435. The number of hydrogen-bond donors (Lipinski definition) is 1. The highest BCUT2D eigenvalue weighted by Gasteiger charge is 2.76. The predicted molar refractivity (Wildman–Crippen MR) is 114 cm³/mol. The zero-order chi connectivity index (χ0) is 23.2. The van der Waals surface area contributed by atoms with E-state index in [0.29, 0.717) is 17.2 Å². The van der Waals surface area contributed by atoms with Gasteiger partial charge in [-0.1, -0.05) is 39.0 Å². The standard InChI is InChI=1S/C22H22N4O6/c1-21(2,3)22-17-10-12(11-23(17)20(29)30)25(22)19(28)24(18(22)27)15-8-9-16(26(31)32)14-7-5-4-6-13(14)15/h4-9,12,17H,10-11H2,1-3H3,(H,29,30). The summed E-state index contributed by atoms with van der Waals surface area (Å²) in [5, 5.41) is 22.0. The fourth-order valence-electron chi connectivity index (χ4n) is 5.99. The lowest BCUT2D eigenvalue weighted by atomic mass is 9.68. The first-order valence-electron chi connectivity index (χ1n) is 10.4. The van der Waals surface area contributed by atoms with Crippen molar-refractivity contribution in [1.29, 1.82) is 0 Å². The van der Waals surface area contributed by atoms with Crippen LogP contribution in [0.25, 0.3) is 10.8 Å². The van der Waals surface area contributed by atoms with Crippen LogP contribution < -0.4 is 4.90 Å². The van der Waals surface area contributed by atoms with Crippen LogP contribution in [0, 0.1) is 15.5 Å². The second kappa shape index (κ2) is 6.18. The Kier molecular flexibility index (Phi) is 3.91. The second-order valence-corrected chi connectivity index (χ2v) is 9.56. The van der Waals surface area contributed by atoms with E-state index in [1.165, 1.54) is 17.0 Å². The topological polar surface area (TPSA) is 124 Å². The van der Waals surface area contributed by atoms with Gasteiger partial charge in [0.2, 0.25) is 0 Å². The van der Waals surface area contributed by atoms with Crippen molar-refractivity contribution in [1.82, 2.24) is 9.80 Å². The number of urea groups is 1. The minimum Gasteiger partial charge on any atom is -0.465 e. The smallest absolute Gasteiger partial charge is 0.407 e. The van der Waals surface area contributed by atoms with Gasteiger partial charge in [0.1, 0.15) is 5.54 Å². The Hall–Kier alpha value is -3.69. The molecule has 32 heavy (non-hydrogen) atoms. The summed E-state index contributed by atoms with van der Waals surface area (Å²) in [5.74, 6) is -0.493. The predicted octanol–water partition coefficient (Wildman–Crippen LogP) is 3.44. The molecule has 4 amide bonds. The monoisotopic (exact) mass is 438 g/mol. The molecular weight excluding hydrogens is 416 g/mol. The molecule has 0 spiro atoms. The summed E-state index contributed by atoms with van der Waals surface area (Å²) >= 11 is 0. The molecule has 10 nitrogen and oxygen atoms in total. The van der Waals surface area contributed by atoms with E-state index in [4.69, 9.17) is 0 Å². The molecule has 1 N–H and O–H groups in total. The van der Waals surface area contributed by atoms with Crippen molar-refractivity contribution in [2.24, 2.45) is 5.41 Å². The molecule has 0 aliphatic carbocycles. The molecule has 3 heterocycles. The number of non-ortho nitro benzene ring substituents is 1. The zero-order valence-corrected chi connectivity index (χ0v) is 17.8. The maximum Gasteiger partial charge on any atom is 0.407 e. The summed E-state index contributed by atoms with van der Waals surface area (Å²) in [6.07, 6.45) is -0.698. The summed E-state index contributed by atoms with van der Waals surface area (Å²) in [4.78, 5) is 54.6. The minimum absolute atomic E-state index is 0.119. The molecule has 3 unspecified atom stereocenters. The minimum atomic E-state index is -1.35. The molecule has 2 aromatic carbocycles. The SMILES string of the molecule is CC(C)(C)C12C(=O)N(c3ccc([N+](=O)[O-])c4ccccc34)C(=O)N1C1CC2N(C(=O)O)C1. The van der Waals surface area contributed by atoms with Gasteiger partial charge in [-0.05, 0) is 24.0 Å². The first-order chi connectivity index (χ1) is 15.0. The van der Waals surface area contributed by atoms with Gasteiger partial charge in [0.25, 0.3) is 11.6 Å². The van der Waals surface area contributed by atoms with Crippen molar-refractivity contribution < 1.29 is 24.4 Å². The normalized spacial score (nSPS) is 26.9. The lowest BCUT2D eigenvalue weighted by molar-refractivity contribution is -0.383. The molecule has 3 fully saturated rings. The number of piperazine rings is 1. The summed E-state index contributed by atoms with van der Waals surface area (Å²) in [6.45, 7) is 5.67. The zero-order valence-electron chi connectivity index (χ0n) is 17.8. The van der Waals surface area contributed by atoms with Gasteiger partial charge >= 0.3 is 12.1 Å². The number of amides is 4. The van der Waals surface area contributed by atoms with Crippen molar-refractivity contribution in [3.8, 4) is 0 Å². The Morgan fingerprint density at radius 2 is 1.81 bits per heavy atom. The number of hydrogen-bond acceptors (Lipinski definition) is 5. The highest BCUT2D eigenvalue weighted by Crippen LogP contribution is 2.57. The molecule has 0 saturated carbocycles. The van der Waals surface area contributed by atoms with Gasteiger partial charge in [-0.3, -0.25) is 14.9 Å². The number of nitrogens with zero attached hydrogens (tertiary/aromatic N) is 4. The third-order valence-electron chi connectivity index (χ3n) is 7.14. The van der Waals surface area contributed by atoms with Crippen LogP contribution in [0.1, 0.15) is 27.2 Å². The summed E-state index contributed by atoms with van der Waals surface area (Å²) in [7, 11) is 0. The van der Waals surface area contributed by atoms with Crippen molar-refractivity contribution in [3.05, 3.63) is 46.5 Å². The van der Waals surface area contributed by atoms with E-state index in [9.17, 15) is 29.6 Å². The van der Waals surface area contributed by atoms with E-state index in [1.807, 2.05) is 20.8 Å². The van der Waals surface area contributed by atoms with Crippen LogP contribution in [-0.2, 0) is 4.79 Å². The Bertz CT molecular complexity index is 1220. The Morgan fingerprint density at radius 3 is 2.41 bits per heavy atom. The third-order valence-corrected chi connectivity index (χ3v) is 7.14. The van der Waals surface area contributed by atoms with Gasteiger partial charge in [-0.15, -0.1) is 0 Å². The molecule has 0 aromatic heterocycles. The molecule has 2 aromatic rings. The first-order valence-corrected chi connectivity index (χ1v) is 10.4. The Labute approximate surface area is 183 Å². The van der Waals surface area contributed by atoms with E-state index < -0.39 is 46.0 Å². The molecule has 166 valence electrons. The van der Waals surface area contributed by atoms with E-state index in [0.717, 1.165) is 4.90 Å². The molecular formula is C22H22N4O6. The van der Waals surface area contributed by atoms with E-state index in [-0.39, 0.29) is 17.9 Å². The third kappa shape index (κ3) is 2.21. The fraction of sp³-hybridized carbons (Fsp3) is 0.409. The highest BCUT2D eigenvalue weighted by atomic mass is 16.6. The number of rotatable bonds is 2. The number of carbonyl (C=O) groups is 3. The Balaban J connectivity index is 1.73. The Morgan fingerprint density at radius 1 is 1.16 bits per heavy atom. The van der Waals surface area contributed by atoms with Gasteiger partial charge < -0.3 is 14.9 Å². The van der Waals surface area contributed by atoms with Crippen molar-refractivity contribution >= 4 is 40.2 Å². The number of nitro benzene ring substituents is 1. The maximum absolute atomic E-state index is 14.1. The number of carbonyl (C=O) groups excluding carboxylic acids is 2. The molecule has 2 bridgehead atoms. The summed E-state index contributed by atoms with van der Waals surface area (Å²) in [5.41, 5.74) is -1.96. The summed E-state index contributed by atoms with van der Waals surface area (Å²) in [6, 6.07) is 7.72. The molecule has 3 aliphatic rings. The average molecular weight is 438 g/mol. The molecule has 10 heteroatoms. The van der Waals surface area contributed by atoms with Crippen LogP contribution in [0.3, 0.4) is 0 Å². The van der Waals surface area contributed by atoms with Crippen molar-refractivity contribution in [2.75, 3.05) is 11.4 Å². The molecule has 0 radical (unpaired) electrons. The van der Waals surface area contributed by atoms with Gasteiger partial charge in [0.05, 0.1) is 28.1 Å². The second-order valence-electron chi connectivity index (χ2n) is 9.56. The maximum atomic E-state index is 14.1. The van der Waals surface area contributed by atoms with Crippen LogP contribution in [0.5, 0.6) is 0 Å². The van der Waals surface area contributed by atoms with Crippen LogP contribution in [0.4, 0.5) is 21.0 Å². The fourth-order valence-corrected chi connectivity index (χ4v) is 5.99. The van der Waals surface area contributed by atoms with Crippen LogP contribution in [-0.4, -0.2) is 62.0 Å². The number of benzene rings is 2. The van der Waals surface area contributed by atoms with Crippen molar-refractivity contribution in [2.45, 2.75) is 44.8 Å². The number of fused-ring (bicyclic) bond motifs is 6. The molecule has 3 saturated heterocycles. The van der Waals surface area contributed by atoms with Crippen LogP contribution >= 0.6 is 0 Å². The molecule has 3 aliphatic heterocycles.